The zero-order valence-electron chi connectivity index (χ0n) is 12.7. The van der Waals surface area contributed by atoms with Crippen LogP contribution in [0.4, 0.5) is 13.2 Å². The van der Waals surface area contributed by atoms with E-state index in [4.69, 9.17) is 0 Å². The van der Waals surface area contributed by atoms with Gasteiger partial charge in [-0.25, -0.2) is 0 Å². The van der Waals surface area contributed by atoms with Gasteiger partial charge in [0.2, 0.25) is 0 Å². The summed E-state index contributed by atoms with van der Waals surface area (Å²) >= 11 is 0. The fourth-order valence-electron chi connectivity index (χ4n) is 1.51. The Kier molecular flexibility index (Phi) is 5.96. The summed E-state index contributed by atoms with van der Waals surface area (Å²) in [6.07, 6.45) is -3.04. The monoisotopic (exact) mass is 316 g/mol. The van der Waals surface area contributed by atoms with Crippen molar-refractivity contribution in [3.05, 3.63) is 35.4 Å². The first kappa shape index (κ1) is 18.0. The van der Waals surface area contributed by atoms with Crippen LogP contribution in [0.25, 0.3) is 0 Å². The standard InChI is InChI=1S/C15H19F3N2O2/c1-14(2,3)12-6-4-11(5-7-12)8-20-22-9-13(21)19-10-15(16,17)18/h4-8H,9-10H2,1-3H3,(H,19,21)/b20-8+. The molecule has 0 saturated heterocycles. The first-order valence-corrected chi connectivity index (χ1v) is 6.67. The summed E-state index contributed by atoms with van der Waals surface area (Å²) in [5, 5.41) is 5.23. The zero-order valence-corrected chi connectivity index (χ0v) is 12.7. The van der Waals surface area contributed by atoms with Crippen molar-refractivity contribution >= 4 is 12.1 Å². The lowest BCUT2D eigenvalue weighted by Crippen LogP contribution is -2.35. The van der Waals surface area contributed by atoms with Gasteiger partial charge in [0.15, 0.2) is 6.61 Å². The van der Waals surface area contributed by atoms with Crippen LogP contribution < -0.4 is 5.32 Å². The second-order valence-electron chi connectivity index (χ2n) is 5.77. The van der Waals surface area contributed by atoms with Crippen LogP contribution in [0.3, 0.4) is 0 Å². The molecule has 1 N–H and O–H groups in total. The quantitative estimate of drug-likeness (QED) is 0.670. The Balaban J connectivity index is 2.39. The van der Waals surface area contributed by atoms with Crippen molar-refractivity contribution < 1.29 is 22.8 Å². The third-order valence-electron chi connectivity index (χ3n) is 2.73. The molecule has 0 fully saturated rings. The van der Waals surface area contributed by atoms with Crippen molar-refractivity contribution in [2.75, 3.05) is 13.2 Å². The van der Waals surface area contributed by atoms with Gasteiger partial charge in [-0.05, 0) is 16.5 Å². The van der Waals surface area contributed by atoms with Crippen LogP contribution in [0.2, 0.25) is 0 Å². The average Bonchev–Trinajstić information content (AvgIpc) is 2.40. The molecule has 0 aliphatic heterocycles. The molecule has 0 saturated carbocycles. The number of hydrogen-bond acceptors (Lipinski definition) is 3. The lowest BCUT2D eigenvalue weighted by molar-refractivity contribution is -0.141. The normalized spacial score (nSPS) is 12.5. The van der Waals surface area contributed by atoms with Crippen LogP contribution >= 0.6 is 0 Å². The van der Waals surface area contributed by atoms with E-state index in [2.05, 4.69) is 30.8 Å². The molecule has 7 heteroatoms. The van der Waals surface area contributed by atoms with Crippen LogP contribution in [0, 0.1) is 0 Å². The Labute approximate surface area is 127 Å². The molecule has 0 heterocycles. The van der Waals surface area contributed by atoms with Crippen molar-refractivity contribution in [3.8, 4) is 0 Å². The highest BCUT2D eigenvalue weighted by Crippen LogP contribution is 2.21. The highest BCUT2D eigenvalue weighted by molar-refractivity contribution is 5.79. The fourth-order valence-corrected chi connectivity index (χ4v) is 1.51. The first-order valence-electron chi connectivity index (χ1n) is 6.67. The highest BCUT2D eigenvalue weighted by Gasteiger charge is 2.27. The lowest BCUT2D eigenvalue weighted by atomic mass is 9.87. The Morgan fingerprint density at radius 2 is 1.82 bits per heavy atom. The van der Waals surface area contributed by atoms with Gasteiger partial charge in [-0.3, -0.25) is 4.79 Å². The van der Waals surface area contributed by atoms with E-state index in [-0.39, 0.29) is 5.41 Å². The molecule has 0 radical (unpaired) electrons. The largest absolute Gasteiger partial charge is 0.405 e. The molecule has 1 aromatic carbocycles. The Morgan fingerprint density at radius 1 is 1.23 bits per heavy atom. The summed E-state index contributed by atoms with van der Waals surface area (Å²) in [7, 11) is 0. The number of halogens is 3. The van der Waals surface area contributed by atoms with Gasteiger partial charge >= 0.3 is 6.18 Å². The van der Waals surface area contributed by atoms with Gasteiger partial charge in [0.05, 0.1) is 6.21 Å². The molecule has 122 valence electrons. The number of benzene rings is 1. The maximum absolute atomic E-state index is 11.9. The fraction of sp³-hybridized carbons (Fsp3) is 0.467. The summed E-state index contributed by atoms with van der Waals surface area (Å²) < 4.78 is 35.6. The maximum Gasteiger partial charge on any atom is 0.405 e. The van der Waals surface area contributed by atoms with E-state index >= 15 is 0 Å². The van der Waals surface area contributed by atoms with E-state index in [1.807, 2.05) is 24.3 Å². The van der Waals surface area contributed by atoms with Crippen LogP contribution in [0.5, 0.6) is 0 Å². The molecular formula is C15H19F3N2O2. The first-order chi connectivity index (χ1) is 10.1. The van der Waals surface area contributed by atoms with Crippen LogP contribution in [0.15, 0.2) is 29.4 Å². The van der Waals surface area contributed by atoms with Crippen molar-refractivity contribution in [1.29, 1.82) is 0 Å². The second kappa shape index (κ2) is 7.29. The third-order valence-corrected chi connectivity index (χ3v) is 2.73. The van der Waals surface area contributed by atoms with Crippen LogP contribution in [0.1, 0.15) is 31.9 Å². The van der Waals surface area contributed by atoms with Crippen molar-refractivity contribution in [2.24, 2.45) is 5.16 Å². The number of alkyl halides is 3. The van der Waals surface area contributed by atoms with Gasteiger partial charge < -0.3 is 10.2 Å². The number of amides is 1. The molecule has 0 atom stereocenters. The highest BCUT2D eigenvalue weighted by atomic mass is 19.4. The average molecular weight is 316 g/mol. The number of nitrogens with zero attached hydrogens (tertiary/aromatic N) is 1. The number of hydrogen-bond donors (Lipinski definition) is 1. The number of carbonyl (C=O) groups is 1. The summed E-state index contributed by atoms with van der Waals surface area (Å²) in [4.78, 5) is 15.7. The summed E-state index contributed by atoms with van der Waals surface area (Å²) in [6.45, 7) is 4.34. The smallest absolute Gasteiger partial charge is 0.386 e. The molecule has 0 aliphatic carbocycles. The van der Waals surface area contributed by atoms with Crippen LogP contribution in [-0.4, -0.2) is 31.4 Å². The van der Waals surface area contributed by atoms with Gasteiger partial charge in [0.1, 0.15) is 6.54 Å². The van der Waals surface area contributed by atoms with Crippen molar-refractivity contribution in [3.63, 3.8) is 0 Å². The van der Waals surface area contributed by atoms with Gasteiger partial charge in [-0.1, -0.05) is 50.2 Å². The van der Waals surface area contributed by atoms with E-state index < -0.39 is 25.2 Å². The van der Waals surface area contributed by atoms with Gasteiger partial charge in [0, 0.05) is 0 Å². The predicted molar refractivity (Wildman–Crippen MR) is 77.8 cm³/mol. The molecule has 0 bridgehead atoms. The second-order valence-corrected chi connectivity index (χ2v) is 5.77. The maximum atomic E-state index is 11.9. The molecule has 1 aromatic rings. The number of nitrogens with one attached hydrogen (secondary N) is 1. The van der Waals surface area contributed by atoms with Crippen molar-refractivity contribution in [1.82, 2.24) is 5.32 Å². The predicted octanol–water partition coefficient (Wildman–Crippen LogP) is 3.01. The van der Waals surface area contributed by atoms with E-state index in [1.165, 1.54) is 6.21 Å². The van der Waals surface area contributed by atoms with Gasteiger partial charge in [-0.15, -0.1) is 0 Å². The minimum absolute atomic E-state index is 0.0444. The SMILES string of the molecule is CC(C)(C)c1ccc(/C=N/OCC(=O)NCC(F)(F)F)cc1. The minimum atomic E-state index is -4.44. The number of carbonyl (C=O) groups excluding carboxylic acids is 1. The Morgan fingerprint density at radius 3 is 2.32 bits per heavy atom. The van der Waals surface area contributed by atoms with Crippen LogP contribution in [-0.2, 0) is 15.0 Å². The molecule has 4 nitrogen and oxygen atoms in total. The summed E-state index contributed by atoms with van der Waals surface area (Å²) in [5.74, 6) is -0.877. The lowest BCUT2D eigenvalue weighted by Gasteiger charge is -2.18. The third kappa shape index (κ3) is 7.10. The zero-order chi connectivity index (χ0) is 16.8. The number of oxime groups is 1. The molecule has 22 heavy (non-hydrogen) atoms. The topological polar surface area (TPSA) is 50.7 Å². The summed E-state index contributed by atoms with van der Waals surface area (Å²) in [5.41, 5.74) is 1.98. The molecule has 0 spiro atoms. The molecular weight excluding hydrogens is 297 g/mol. The molecule has 1 amide bonds. The molecule has 0 aromatic heterocycles. The van der Waals surface area contributed by atoms with Gasteiger partial charge in [0.25, 0.3) is 5.91 Å². The van der Waals surface area contributed by atoms with E-state index in [1.54, 1.807) is 5.32 Å². The van der Waals surface area contributed by atoms with Crippen molar-refractivity contribution in [2.45, 2.75) is 32.4 Å². The number of rotatable bonds is 5. The molecule has 0 unspecified atom stereocenters. The molecule has 0 aliphatic rings. The van der Waals surface area contributed by atoms with E-state index in [0.29, 0.717) is 0 Å². The summed E-state index contributed by atoms with van der Waals surface area (Å²) in [6, 6.07) is 7.60. The van der Waals surface area contributed by atoms with E-state index in [9.17, 15) is 18.0 Å². The van der Waals surface area contributed by atoms with Gasteiger partial charge in [-0.2, -0.15) is 13.2 Å². The Bertz CT molecular complexity index is 517. The van der Waals surface area contributed by atoms with E-state index in [0.717, 1.165) is 11.1 Å². The Hall–Kier alpha value is -2.05. The molecule has 1 rings (SSSR count). The minimum Gasteiger partial charge on any atom is -0.386 e.